The third kappa shape index (κ3) is 7.00. The minimum atomic E-state index is -0.782. The molecule has 0 spiro atoms. The molecule has 8 nitrogen and oxygen atoms in total. The summed E-state index contributed by atoms with van der Waals surface area (Å²) >= 11 is 0. The Bertz CT molecular complexity index is 684. The van der Waals surface area contributed by atoms with Crippen molar-refractivity contribution >= 4 is 11.9 Å². The van der Waals surface area contributed by atoms with Gasteiger partial charge in [-0.1, -0.05) is 57.2 Å². The Morgan fingerprint density at radius 3 is 2.45 bits per heavy atom. The van der Waals surface area contributed by atoms with Gasteiger partial charge in [0.1, 0.15) is 38.5 Å². The van der Waals surface area contributed by atoms with Crippen LogP contribution in [0, 0.1) is 0 Å². The van der Waals surface area contributed by atoms with Gasteiger partial charge in [-0.25, -0.2) is 4.79 Å². The number of ether oxygens (including phenoxy) is 5. The fourth-order valence-electron chi connectivity index (χ4n) is 3.76. The van der Waals surface area contributed by atoms with Crippen molar-refractivity contribution in [3.8, 4) is 0 Å². The van der Waals surface area contributed by atoms with Gasteiger partial charge in [0, 0.05) is 6.54 Å². The van der Waals surface area contributed by atoms with Crippen molar-refractivity contribution in [3.05, 3.63) is 35.9 Å². The van der Waals surface area contributed by atoms with Crippen molar-refractivity contribution in [1.82, 2.24) is 5.32 Å². The molecule has 2 saturated heterocycles. The molecular formula is C23H33NO7. The Morgan fingerprint density at radius 2 is 1.65 bits per heavy atom. The first-order valence-corrected chi connectivity index (χ1v) is 11.2. The van der Waals surface area contributed by atoms with Gasteiger partial charge in [-0.05, 0) is 18.6 Å². The second kappa shape index (κ2) is 12.8. The quantitative estimate of drug-likeness (QED) is 0.422. The van der Waals surface area contributed by atoms with Crippen LogP contribution in [-0.4, -0.2) is 63.0 Å². The normalized spacial score (nSPS) is 25.5. The Morgan fingerprint density at radius 1 is 0.935 bits per heavy atom. The fraction of sp³-hybridized carbons (Fsp3) is 0.652. The number of fused-ring (bicyclic) bond motifs is 1. The summed E-state index contributed by atoms with van der Waals surface area (Å²) in [5.74, 6) is -0.652. The zero-order chi connectivity index (χ0) is 21.9. The molecule has 0 aromatic heterocycles. The minimum absolute atomic E-state index is 0.00432. The lowest BCUT2D eigenvalue weighted by Crippen LogP contribution is -2.61. The molecule has 1 amide bonds. The van der Waals surface area contributed by atoms with Gasteiger partial charge in [0.05, 0.1) is 5.56 Å². The molecule has 1 aromatic carbocycles. The van der Waals surface area contributed by atoms with Crippen LogP contribution in [-0.2, 0) is 28.5 Å². The number of carbonyl (C=O) groups is 2. The number of unbranched alkanes of at least 4 members (excludes halogenated alkanes) is 5. The van der Waals surface area contributed by atoms with Crippen LogP contribution in [0.25, 0.3) is 0 Å². The molecule has 0 aliphatic carbocycles. The Hall–Kier alpha value is -2.00. The van der Waals surface area contributed by atoms with Crippen LogP contribution >= 0.6 is 0 Å². The van der Waals surface area contributed by atoms with E-state index in [9.17, 15) is 9.59 Å². The Balaban J connectivity index is 1.45. The maximum atomic E-state index is 12.6. The number of nitrogens with one attached hydrogen (secondary N) is 1. The lowest BCUT2D eigenvalue weighted by Gasteiger charge is -2.43. The summed E-state index contributed by atoms with van der Waals surface area (Å²) < 4.78 is 27.8. The molecule has 8 heteroatoms. The van der Waals surface area contributed by atoms with Gasteiger partial charge in [-0.3, -0.25) is 4.79 Å². The highest BCUT2D eigenvalue weighted by molar-refractivity contribution is 5.89. The summed E-state index contributed by atoms with van der Waals surface area (Å²) in [6.45, 7) is 2.73. The van der Waals surface area contributed by atoms with Crippen LogP contribution in [0.4, 0.5) is 0 Å². The largest absolute Gasteiger partial charge is 0.459 e. The molecule has 1 N–H and O–H groups in total. The summed E-state index contributed by atoms with van der Waals surface area (Å²) in [5, 5.41) is 2.94. The molecule has 3 rings (SSSR count). The van der Waals surface area contributed by atoms with Crippen molar-refractivity contribution in [1.29, 1.82) is 0 Å². The number of hydrogen-bond acceptors (Lipinski definition) is 7. The first-order valence-electron chi connectivity index (χ1n) is 11.2. The molecule has 2 aliphatic heterocycles. The van der Waals surface area contributed by atoms with E-state index in [1.807, 2.05) is 6.07 Å². The summed E-state index contributed by atoms with van der Waals surface area (Å²) in [6, 6.07) is 8.74. The number of rotatable bonds is 11. The van der Waals surface area contributed by atoms with Crippen LogP contribution < -0.4 is 5.32 Å². The molecule has 0 radical (unpaired) electrons. The summed E-state index contributed by atoms with van der Waals surface area (Å²) in [7, 11) is 0. The zero-order valence-corrected chi connectivity index (χ0v) is 18.1. The van der Waals surface area contributed by atoms with Gasteiger partial charge in [0.2, 0.25) is 0 Å². The van der Waals surface area contributed by atoms with E-state index >= 15 is 0 Å². The molecule has 2 fully saturated rings. The summed E-state index contributed by atoms with van der Waals surface area (Å²) in [4.78, 5) is 24.9. The lowest BCUT2D eigenvalue weighted by atomic mass is 10.00. The minimum Gasteiger partial charge on any atom is -0.459 e. The first kappa shape index (κ1) is 23.7. The maximum absolute atomic E-state index is 12.6. The Kier molecular flexibility index (Phi) is 9.74. The Labute approximate surface area is 183 Å². The van der Waals surface area contributed by atoms with Crippen LogP contribution in [0.1, 0.15) is 55.8 Å². The molecule has 1 aromatic rings. The second-order valence-electron chi connectivity index (χ2n) is 7.81. The van der Waals surface area contributed by atoms with E-state index in [1.165, 1.54) is 25.7 Å². The van der Waals surface area contributed by atoms with Gasteiger partial charge in [0.25, 0.3) is 5.91 Å². The van der Waals surface area contributed by atoms with Gasteiger partial charge in [0.15, 0.2) is 6.10 Å². The molecule has 2 heterocycles. The van der Waals surface area contributed by atoms with Crippen molar-refractivity contribution in [2.45, 2.75) is 69.9 Å². The standard InChI is InChI=1S/C23H33NO7/c1-2-3-4-5-6-10-13-24-22(25)21-20-19(29-16-31-21)18(28-15-30-20)14-27-23(26)17-11-8-7-9-12-17/h7-9,11-12,18-21H,2-6,10,13-16H2,1H3,(H,24,25)/t18-,19-,20+,21-/m1/s1. The van der Waals surface area contributed by atoms with E-state index in [4.69, 9.17) is 23.7 Å². The van der Waals surface area contributed by atoms with Crippen LogP contribution in [0.2, 0.25) is 0 Å². The van der Waals surface area contributed by atoms with Crippen molar-refractivity contribution in [2.24, 2.45) is 0 Å². The topological polar surface area (TPSA) is 92.3 Å². The third-order valence-electron chi connectivity index (χ3n) is 5.52. The molecule has 2 aliphatic rings. The smallest absolute Gasteiger partial charge is 0.338 e. The van der Waals surface area contributed by atoms with E-state index in [0.29, 0.717) is 12.1 Å². The monoisotopic (exact) mass is 435 g/mol. The van der Waals surface area contributed by atoms with Gasteiger partial charge in [-0.15, -0.1) is 0 Å². The molecule has 4 atom stereocenters. The highest BCUT2D eigenvalue weighted by Gasteiger charge is 2.47. The van der Waals surface area contributed by atoms with Gasteiger partial charge in [-0.2, -0.15) is 0 Å². The van der Waals surface area contributed by atoms with Crippen LogP contribution in [0.15, 0.2) is 30.3 Å². The van der Waals surface area contributed by atoms with Crippen molar-refractivity contribution in [2.75, 3.05) is 26.7 Å². The summed E-state index contributed by atoms with van der Waals surface area (Å²) in [5.41, 5.74) is 0.464. The average Bonchev–Trinajstić information content (AvgIpc) is 2.82. The highest BCUT2D eigenvalue weighted by atomic mass is 16.8. The van der Waals surface area contributed by atoms with Crippen molar-refractivity contribution in [3.63, 3.8) is 0 Å². The van der Waals surface area contributed by atoms with Crippen LogP contribution in [0.3, 0.4) is 0 Å². The van der Waals surface area contributed by atoms with E-state index in [-0.39, 0.29) is 26.1 Å². The number of amides is 1. The van der Waals surface area contributed by atoms with Crippen molar-refractivity contribution < 1.29 is 33.3 Å². The molecule has 31 heavy (non-hydrogen) atoms. The maximum Gasteiger partial charge on any atom is 0.338 e. The van der Waals surface area contributed by atoms with E-state index < -0.39 is 30.4 Å². The number of esters is 1. The van der Waals surface area contributed by atoms with E-state index in [2.05, 4.69) is 12.2 Å². The molecule has 0 saturated carbocycles. The zero-order valence-electron chi connectivity index (χ0n) is 18.1. The molecular weight excluding hydrogens is 402 g/mol. The van der Waals surface area contributed by atoms with Gasteiger partial charge < -0.3 is 29.0 Å². The lowest BCUT2D eigenvalue weighted by molar-refractivity contribution is -0.319. The summed E-state index contributed by atoms with van der Waals surface area (Å²) in [6.07, 6.45) is 4.44. The number of benzene rings is 1. The highest BCUT2D eigenvalue weighted by Crippen LogP contribution is 2.26. The molecule has 172 valence electrons. The number of carbonyl (C=O) groups excluding carboxylic acids is 2. The average molecular weight is 436 g/mol. The van der Waals surface area contributed by atoms with E-state index in [0.717, 1.165) is 12.8 Å². The SMILES string of the molecule is CCCCCCCCNC(=O)[C@@H]1OCO[C@H]2[C@@H]1OCO[C@@H]2COC(=O)c1ccccc1. The van der Waals surface area contributed by atoms with E-state index in [1.54, 1.807) is 24.3 Å². The fourth-order valence-corrected chi connectivity index (χ4v) is 3.76. The molecule has 0 bridgehead atoms. The van der Waals surface area contributed by atoms with Gasteiger partial charge >= 0.3 is 5.97 Å². The van der Waals surface area contributed by atoms with Crippen LogP contribution in [0.5, 0.6) is 0 Å². The third-order valence-corrected chi connectivity index (χ3v) is 5.52. The second-order valence-corrected chi connectivity index (χ2v) is 7.81. The molecule has 0 unspecified atom stereocenters. The number of hydrogen-bond donors (Lipinski definition) is 1. The first-order chi connectivity index (χ1) is 15.2. The predicted octanol–water partition coefficient (Wildman–Crippen LogP) is 2.80. The predicted molar refractivity (Wildman–Crippen MR) is 112 cm³/mol.